The van der Waals surface area contributed by atoms with Crippen LogP contribution in [0, 0.1) is 0 Å². The lowest BCUT2D eigenvalue weighted by molar-refractivity contribution is -0.355. The van der Waals surface area contributed by atoms with Crippen LogP contribution in [0.15, 0.2) is 56.2 Å². The van der Waals surface area contributed by atoms with Crippen LogP contribution in [0.1, 0.15) is 58.2 Å². The Bertz CT molecular complexity index is 598. The molecule has 1 aromatic rings. The zero-order valence-corrected chi connectivity index (χ0v) is 19.2. The highest BCUT2D eigenvalue weighted by Gasteiger charge is 2.33. The Balaban J connectivity index is 3.37. The van der Waals surface area contributed by atoms with Gasteiger partial charge in [0, 0.05) is 0 Å². The molecule has 0 saturated carbocycles. The molecule has 168 valence electrons. The molecule has 0 aliphatic rings. The van der Waals surface area contributed by atoms with Gasteiger partial charge in [-0.2, -0.15) is 0 Å². The van der Waals surface area contributed by atoms with Gasteiger partial charge in [-0.25, -0.2) is 29.3 Å². The zero-order chi connectivity index (χ0) is 22.8. The summed E-state index contributed by atoms with van der Waals surface area (Å²) in [6, 6.07) is 6.00. The van der Waals surface area contributed by atoms with Gasteiger partial charge in [0.2, 0.25) is 0 Å². The van der Waals surface area contributed by atoms with E-state index in [0.29, 0.717) is 0 Å². The van der Waals surface area contributed by atoms with E-state index in [0.717, 1.165) is 16.7 Å². The van der Waals surface area contributed by atoms with E-state index in [4.69, 9.17) is 29.3 Å². The molecule has 0 N–H and O–H groups in total. The fraction of sp³-hybridized carbons (Fsp3) is 0.500. The maximum Gasteiger partial charge on any atom is 0.123 e. The molecule has 0 amide bonds. The Kier molecular flexibility index (Phi) is 10.1. The van der Waals surface area contributed by atoms with Crippen LogP contribution < -0.4 is 0 Å². The van der Waals surface area contributed by atoms with Gasteiger partial charge in [0.15, 0.2) is 0 Å². The number of hydrogen-bond donors (Lipinski definition) is 0. The number of rotatable bonds is 15. The van der Waals surface area contributed by atoms with Crippen LogP contribution in [-0.2, 0) is 46.1 Å². The van der Waals surface area contributed by atoms with Crippen LogP contribution in [0.2, 0.25) is 0 Å². The number of hydrogen-bond acceptors (Lipinski definition) is 6. The summed E-state index contributed by atoms with van der Waals surface area (Å²) in [6.45, 7) is 23.3. The van der Waals surface area contributed by atoms with Crippen molar-refractivity contribution in [2.45, 2.75) is 58.3 Å². The molecule has 1 aromatic carbocycles. The van der Waals surface area contributed by atoms with Gasteiger partial charge in [0.25, 0.3) is 0 Å². The summed E-state index contributed by atoms with van der Waals surface area (Å²) in [5, 5.41) is 0. The van der Waals surface area contributed by atoms with Crippen molar-refractivity contribution in [1.29, 1.82) is 0 Å². The maximum atomic E-state index is 5.65. The second-order valence-electron chi connectivity index (χ2n) is 8.30. The Morgan fingerprint density at radius 2 is 0.800 bits per heavy atom. The van der Waals surface area contributed by atoms with Gasteiger partial charge in [-0.1, -0.05) is 18.2 Å². The van der Waals surface area contributed by atoms with Crippen molar-refractivity contribution in [1.82, 2.24) is 0 Å². The molecule has 0 saturated heterocycles. The summed E-state index contributed by atoms with van der Waals surface area (Å²) >= 11 is 0. The van der Waals surface area contributed by atoms with Crippen LogP contribution in [0.4, 0.5) is 0 Å². The van der Waals surface area contributed by atoms with Crippen molar-refractivity contribution in [3.05, 3.63) is 72.9 Å². The summed E-state index contributed by atoms with van der Waals surface area (Å²) in [7, 11) is 0. The largest absolute Gasteiger partial charge is 0.232 e. The SMILES string of the molecule is C=CCOOC(C)(C)c1cc(C(C)(C)OOCC=C)cc(C(C)(C)OOCC=C)c1. The van der Waals surface area contributed by atoms with Crippen LogP contribution in [-0.4, -0.2) is 19.8 Å². The first-order chi connectivity index (χ1) is 14.0. The third-order valence-corrected chi connectivity index (χ3v) is 4.38. The van der Waals surface area contributed by atoms with Gasteiger partial charge < -0.3 is 0 Å². The minimum atomic E-state index is -0.746. The molecule has 0 bridgehead atoms. The standard InChI is InChI=1S/C24H36O6/c1-10-13-25-28-22(4,5)19-16-20(23(6,7)29-26-14-11-2)18-21(17-19)24(8,9)30-27-15-12-3/h10-12,16-18H,1-3,13-15H2,4-9H3. The van der Waals surface area contributed by atoms with E-state index in [1.807, 2.05) is 59.7 Å². The van der Waals surface area contributed by atoms with Gasteiger partial charge in [0.05, 0.1) is 0 Å². The lowest BCUT2D eigenvalue weighted by Gasteiger charge is -2.32. The van der Waals surface area contributed by atoms with Gasteiger partial charge in [-0.15, -0.1) is 19.7 Å². The van der Waals surface area contributed by atoms with Crippen molar-refractivity contribution in [2.75, 3.05) is 19.8 Å². The molecule has 6 nitrogen and oxygen atoms in total. The van der Waals surface area contributed by atoms with E-state index in [1.54, 1.807) is 18.2 Å². The third-order valence-electron chi connectivity index (χ3n) is 4.38. The van der Waals surface area contributed by atoms with Gasteiger partial charge >= 0.3 is 0 Å². The average Bonchev–Trinajstić information content (AvgIpc) is 2.68. The van der Waals surface area contributed by atoms with Crippen molar-refractivity contribution < 1.29 is 29.3 Å². The summed E-state index contributed by atoms with van der Waals surface area (Å²) in [6.07, 6.45) is 4.87. The Morgan fingerprint density at radius 3 is 1.00 bits per heavy atom. The normalized spacial score (nSPS) is 12.6. The Hall–Kier alpha value is -1.80. The summed E-state index contributed by atoms with van der Waals surface area (Å²) in [5.74, 6) is 0. The lowest BCUT2D eigenvalue weighted by atomic mass is 9.85. The van der Waals surface area contributed by atoms with Crippen LogP contribution in [0.3, 0.4) is 0 Å². The highest BCUT2D eigenvalue weighted by molar-refractivity contribution is 5.38. The van der Waals surface area contributed by atoms with Crippen molar-refractivity contribution in [3.63, 3.8) is 0 Å². The second-order valence-corrected chi connectivity index (χ2v) is 8.30. The summed E-state index contributed by atoms with van der Waals surface area (Å²) < 4.78 is 0. The van der Waals surface area contributed by atoms with Gasteiger partial charge in [-0.3, -0.25) is 0 Å². The molecule has 0 aromatic heterocycles. The average molecular weight is 421 g/mol. The molecule has 0 unspecified atom stereocenters. The van der Waals surface area contributed by atoms with Crippen LogP contribution in [0.25, 0.3) is 0 Å². The molecule has 0 fully saturated rings. The van der Waals surface area contributed by atoms with E-state index in [-0.39, 0.29) is 19.8 Å². The number of benzene rings is 1. The smallest absolute Gasteiger partial charge is 0.123 e. The Morgan fingerprint density at radius 1 is 0.567 bits per heavy atom. The Labute approximate surface area is 180 Å². The minimum Gasteiger partial charge on any atom is -0.232 e. The van der Waals surface area contributed by atoms with Crippen LogP contribution >= 0.6 is 0 Å². The van der Waals surface area contributed by atoms with E-state index in [1.165, 1.54) is 0 Å². The summed E-state index contributed by atoms with van der Waals surface area (Å²) in [5.41, 5.74) is 0.386. The highest BCUT2D eigenvalue weighted by Crippen LogP contribution is 2.36. The van der Waals surface area contributed by atoms with Gasteiger partial charge in [0.1, 0.15) is 36.6 Å². The van der Waals surface area contributed by atoms with Crippen molar-refractivity contribution in [2.24, 2.45) is 0 Å². The first-order valence-corrected chi connectivity index (χ1v) is 9.91. The molecule has 0 aliphatic heterocycles. The molecule has 1 rings (SSSR count). The summed E-state index contributed by atoms with van der Waals surface area (Å²) in [4.78, 5) is 32.7. The van der Waals surface area contributed by atoms with E-state index < -0.39 is 16.8 Å². The second kappa shape index (κ2) is 11.6. The molecular weight excluding hydrogens is 384 g/mol. The van der Waals surface area contributed by atoms with E-state index in [9.17, 15) is 0 Å². The van der Waals surface area contributed by atoms with E-state index >= 15 is 0 Å². The lowest BCUT2D eigenvalue weighted by Crippen LogP contribution is -2.29. The highest BCUT2D eigenvalue weighted by atomic mass is 17.2. The third kappa shape index (κ3) is 7.80. The maximum absolute atomic E-state index is 5.65. The molecule has 0 aliphatic carbocycles. The van der Waals surface area contributed by atoms with E-state index in [2.05, 4.69) is 19.7 Å². The first-order valence-electron chi connectivity index (χ1n) is 9.91. The topological polar surface area (TPSA) is 55.4 Å². The predicted molar refractivity (Wildman–Crippen MR) is 117 cm³/mol. The molecule has 30 heavy (non-hydrogen) atoms. The molecule has 6 heteroatoms. The fourth-order valence-corrected chi connectivity index (χ4v) is 2.50. The monoisotopic (exact) mass is 420 g/mol. The molecule has 0 atom stereocenters. The first kappa shape index (κ1) is 26.2. The van der Waals surface area contributed by atoms with Gasteiger partial charge in [-0.05, 0) is 76.4 Å². The quantitative estimate of drug-likeness (QED) is 0.155. The van der Waals surface area contributed by atoms with Crippen LogP contribution in [0.5, 0.6) is 0 Å². The molecule has 0 radical (unpaired) electrons. The van der Waals surface area contributed by atoms with Crippen molar-refractivity contribution in [3.8, 4) is 0 Å². The molecular formula is C24H36O6. The fourth-order valence-electron chi connectivity index (χ4n) is 2.50. The molecule has 0 heterocycles. The zero-order valence-electron chi connectivity index (χ0n) is 19.2. The molecule has 0 spiro atoms. The predicted octanol–water partition coefficient (Wildman–Crippen LogP) is 5.79. The van der Waals surface area contributed by atoms with Crippen molar-refractivity contribution >= 4 is 0 Å². The minimum absolute atomic E-state index is 0.282.